The molecule has 0 fully saturated rings. The van der Waals surface area contributed by atoms with Crippen LogP contribution in [0.1, 0.15) is 0 Å². The van der Waals surface area contributed by atoms with Gasteiger partial charge in [-0.3, -0.25) is 0 Å². The van der Waals surface area contributed by atoms with Crippen LogP contribution in [0.15, 0.2) is 146 Å². The van der Waals surface area contributed by atoms with Gasteiger partial charge in [0, 0.05) is 0 Å². The molecule has 0 aliphatic carbocycles. The van der Waals surface area contributed by atoms with Gasteiger partial charge in [0.15, 0.2) is 0 Å². The number of benzene rings is 9. The van der Waals surface area contributed by atoms with Crippen molar-refractivity contribution in [3.8, 4) is 22.3 Å². The second-order valence-electron chi connectivity index (χ2n) is 10.9. The molecule has 0 spiro atoms. The van der Waals surface area contributed by atoms with E-state index in [9.17, 15) is 0 Å². The summed E-state index contributed by atoms with van der Waals surface area (Å²) in [4.78, 5) is 0. The first-order valence-corrected chi connectivity index (χ1v) is 13.9. The summed E-state index contributed by atoms with van der Waals surface area (Å²) in [5, 5.41) is 15.7. The second kappa shape index (κ2) is 8.15. The molecule has 0 bridgehead atoms. The van der Waals surface area contributed by atoms with Crippen molar-refractivity contribution in [2.75, 3.05) is 0 Å². The molecule has 0 radical (unpaired) electrons. The monoisotopic (exact) mass is 504 g/mol. The summed E-state index contributed by atoms with van der Waals surface area (Å²) < 4.78 is 0. The largest absolute Gasteiger partial charge is 0.0622 e. The lowest BCUT2D eigenvalue weighted by molar-refractivity contribution is 1.66. The Kier molecular flexibility index (Phi) is 4.42. The number of rotatable bonds is 2. The van der Waals surface area contributed by atoms with Gasteiger partial charge in [-0.05, 0) is 93.0 Å². The highest BCUT2D eigenvalue weighted by molar-refractivity contribution is 6.28. The highest BCUT2D eigenvalue weighted by atomic mass is 14.2. The first kappa shape index (κ1) is 21.7. The molecule has 0 aromatic heterocycles. The van der Waals surface area contributed by atoms with Gasteiger partial charge in [-0.15, -0.1) is 0 Å². The minimum absolute atomic E-state index is 1.26. The van der Waals surface area contributed by atoms with E-state index < -0.39 is 0 Å². The normalized spacial score (nSPS) is 12.0. The van der Waals surface area contributed by atoms with Gasteiger partial charge in [-0.25, -0.2) is 0 Å². The van der Waals surface area contributed by atoms with Crippen LogP contribution in [0.2, 0.25) is 0 Å². The van der Waals surface area contributed by atoms with E-state index in [4.69, 9.17) is 0 Å². The molecule has 184 valence electrons. The van der Waals surface area contributed by atoms with Crippen LogP contribution < -0.4 is 0 Å². The van der Waals surface area contributed by atoms with Crippen LogP contribution in [0.3, 0.4) is 0 Å². The van der Waals surface area contributed by atoms with Gasteiger partial charge >= 0.3 is 0 Å². The molecular weight excluding hydrogens is 480 g/mol. The van der Waals surface area contributed by atoms with Crippen molar-refractivity contribution >= 4 is 64.6 Å². The fourth-order valence-corrected chi connectivity index (χ4v) is 6.92. The van der Waals surface area contributed by atoms with Gasteiger partial charge in [0.25, 0.3) is 0 Å². The van der Waals surface area contributed by atoms with E-state index in [0.717, 1.165) is 0 Å². The molecule has 0 atom stereocenters. The number of hydrogen-bond acceptors (Lipinski definition) is 0. The van der Waals surface area contributed by atoms with Crippen LogP contribution in [0.25, 0.3) is 86.9 Å². The first-order valence-electron chi connectivity index (χ1n) is 13.9. The molecule has 0 amide bonds. The maximum absolute atomic E-state index is 2.37. The van der Waals surface area contributed by atoms with Crippen molar-refractivity contribution in [1.29, 1.82) is 0 Å². The summed E-state index contributed by atoms with van der Waals surface area (Å²) in [6.45, 7) is 0. The highest BCUT2D eigenvalue weighted by Crippen LogP contribution is 2.43. The lowest BCUT2D eigenvalue weighted by atomic mass is 9.87. The lowest BCUT2D eigenvalue weighted by Crippen LogP contribution is -1.89. The smallest absolute Gasteiger partial charge is 0.00203 e. The molecule has 0 heterocycles. The summed E-state index contributed by atoms with van der Waals surface area (Å²) in [7, 11) is 0. The first-order chi connectivity index (χ1) is 19.8. The molecule has 9 rings (SSSR count). The van der Waals surface area contributed by atoms with Crippen molar-refractivity contribution in [2.24, 2.45) is 0 Å². The third-order valence-electron chi connectivity index (χ3n) is 8.80. The molecule has 0 heteroatoms. The van der Waals surface area contributed by atoms with Gasteiger partial charge in [-0.1, -0.05) is 140 Å². The number of fused-ring (bicyclic) bond motifs is 5. The fraction of sp³-hybridized carbons (Fsp3) is 0. The van der Waals surface area contributed by atoms with E-state index in [-0.39, 0.29) is 0 Å². The molecule has 9 aromatic carbocycles. The quantitative estimate of drug-likeness (QED) is 0.205. The molecule has 0 saturated carbocycles. The minimum Gasteiger partial charge on any atom is -0.0622 e. The molecular formula is C40H24. The Bertz CT molecular complexity index is 2410. The summed E-state index contributed by atoms with van der Waals surface area (Å²) >= 11 is 0. The van der Waals surface area contributed by atoms with E-state index in [1.807, 2.05) is 0 Å². The van der Waals surface area contributed by atoms with Gasteiger partial charge in [0.2, 0.25) is 0 Å². The van der Waals surface area contributed by atoms with Gasteiger partial charge in [0.1, 0.15) is 0 Å². The molecule has 0 aliphatic heterocycles. The SMILES string of the molecule is c1ccc(-c2ccc3ccc4c(-c5ccc6c(ccc7c8ccccc8ccc67)c5)ccc5ccc2c3c54)cc1. The van der Waals surface area contributed by atoms with Crippen molar-refractivity contribution in [3.63, 3.8) is 0 Å². The molecule has 0 N–H and O–H groups in total. The molecule has 0 unspecified atom stereocenters. The number of hydrogen-bond donors (Lipinski definition) is 0. The maximum atomic E-state index is 2.37. The van der Waals surface area contributed by atoms with Crippen molar-refractivity contribution < 1.29 is 0 Å². The maximum Gasteiger partial charge on any atom is -0.00203 e. The summed E-state index contributed by atoms with van der Waals surface area (Å²) in [6.07, 6.45) is 0. The van der Waals surface area contributed by atoms with Crippen LogP contribution in [-0.2, 0) is 0 Å². The molecule has 0 nitrogen and oxygen atoms in total. The van der Waals surface area contributed by atoms with Crippen molar-refractivity contribution in [2.45, 2.75) is 0 Å². The third kappa shape index (κ3) is 3.02. The zero-order valence-electron chi connectivity index (χ0n) is 21.9. The van der Waals surface area contributed by atoms with Crippen molar-refractivity contribution in [1.82, 2.24) is 0 Å². The van der Waals surface area contributed by atoms with Gasteiger partial charge in [0.05, 0.1) is 0 Å². The Morgan fingerprint density at radius 1 is 0.250 bits per heavy atom. The summed E-state index contributed by atoms with van der Waals surface area (Å²) in [5.74, 6) is 0. The lowest BCUT2D eigenvalue weighted by Gasteiger charge is -2.17. The van der Waals surface area contributed by atoms with Crippen LogP contribution in [-0.4, -0.2) is 0 Å². The Labute approximate surface area is 232 Å². The zero-order valence-corrected chi connectivity index (χ0v) is 21.9. The molecule has 0 aliphatic rings. The fourth-order valence-electron chi connectivity index (χ4n) is 6.92. The average molecular weight is 505 g/mol. The van der Waals surface area contributed by atoms with Crippen LogP contribution in [0.5, 0.6) is 0 Å². The standard InChI is InChI=1S/C40H24/c1-2-6-25(7-3-1)32-17-11-27-14-23-38-34(18-12-28-13-22-37(32)39(27)40(28)38)30-15-19-33-29(24-30)16-21-35-31-9-5-4-8-26(31)10-20-36(33)35/h1-24H. The van der Waals surface area contributed by atoms with Gasteiger partial charge in [-0.2, -0.15) is 0 Å². The Hall–Kier alpha value is -5.20. The predicted molar refractivity (Wildman–Crippen MR) is 174 cm³/mol. The molecule has 0 saturated heterocycles. The second-order valence-corrected chi connectivity index (χ2v) is 10.9. The Morgan fingerprint density at radius 3 is 1.48 bits per heavy atom. The Morgan fingerprint density at radius 2 is 0.750 bits per heavy atom. The van der Waals surface area contributed by atoms with E-state index in [0.29, 0.717) is 0 Å². The van der Waals surface area contributed by atoms with Crippen LogP contribution in [0, 0.1) is 0 Å². The average Bonchev–Trinajstić information content (AvgIpc) is 3.03. The third-order valence-corrected chi connectivity index (χ3v) is 8.80. The van der Waals surface area contributed by atoms with E-state index in [2.05, 4.69) is 146 Å². The van der Waals surface area contributed by atoms with E-state index in [1.165, 1.54) is 86.9 Å². The summed E-state index contributed by atoms with van der Waals surface area (Å²) in [6, 6.07) is 53.8. The predicted octanol–water partition coefficient (Wildman–Crippen LogP) is 11.4. The Balaban J connectivity index is 1.29. The zero-order chi connectivity index (χ0) is 26.2. The highest BCUT2D eigenvalue weighted by Gasteiger charge is 2.15. The van der Waals surface area contributed by atoms with Crippen LogP contribution in [0.4, 0.5) is 0 Å². The summed E-state index contributed by atoms with van der Waals surface area (Å²) in [5.41, 5.74) is 5.09. The van der Waals surface area contributed by atoms with E-state index >= 15 is 0 Å². The topological polar surface area (TPSA) is 0 Å². The molecule has 40 heavy (non-hydrogen) atoms. The van der Waals surface area contributed by atoms with E-state index in [1.54, 1.807) is 0 Å². The van der Waals surface area contributed by atoms with Crippen LogP contribution >= 0.6 is 0 Å². The minimum atomic E-state index is 1.26. The molecule has 9 aromatic rings. The van der Waals surface area contributed by atoms with Crippen molar-refractivity contribution in [3.05, 3.63) is 146 Å². The van der Waals surface area contributed by atoms with Gasteiger partial charge < -0.3 is 0 Å².